The van der Waals surface area contributed by atoms with Gasteiger partial charge in [0.25, 0.3) is 0 Å². The van der Waals surface area contributed by atoms with E-state index in [0.29, 0.717) is 27.4 Å². The second kappa shape index (κ2) is 7.11. The molecule has 5 rings (SSSR count). The molecule has 4 aromatic rings. The van der Waals surface area contributed by atoms with Gasteiger partial charge in [0.15, 0.2) is 0 Å². The number of ether oxygens (including phenoxy) is 1. The quantitative estimate of drug-likeness (QED) is 0.241. The minimum absolute atomic E-state index is 0.0241. The van der Waals surface area contributed by atoms with Crippen LogP contribution < -0.4 is 4.74 Å². The van der Waals surface area contributed by atoms with Gasteiger partial charge in [-0.05, 0) is 36.4 Å². The van der Waals surface area contributed by atoms with Crippen molar-refractivity contribution in [3.8, 4) is 5.75 Å². The first-order chi connectivity index (χ1) is 14.2. The van der Waals surface area contributed by atoms with Gasteiger partial charge < -0.3 is 9.15 Å². The summed E-state index contributed by atoms with van der Waals surface area (Å²) in [7, 11) is 0. The number of furan rings is 1. The number of benzene rings is 3. The predicted octanol–water partition coefficient (Wildman–Crippen LogP) is 5.98. The van der Waals surface area contributed by atoms with Gasteiger partial charge in [0.1, 0.15) is 11.3 Å². The van der Waals surface area contributed by atoms with Crippen molar-refractivity contribution in [2.24, 2.45) is 0 Å². The van der Waals surface area contributed by atoms with Gasteiger partial charge in [-0.3, -0.25) is 4.79 Å². The zero-order valence-corrected chi connectivity index (χ0v) is 15.9. The molecule has 0 amide bonds. The van der Waals surface area contributed by atoms with E-state index >= 15 is 0 Å². The minimum atomic E-state index is -0.583. The third kappa shape index (κ3) is 3.26. The molecule has 29 heavy (non-hydrogen) atoms. The standard InChI is InChI=1S/C24H14O4S/c25-23-17-9-3-6-12-21(17)29-22(23)14-16-8-2-5-11-19(16)28-24(26)20-13-15-7-1-4-10-18(15)27-20/h1-14H/b22-14+. The number of fused-ring (bicyclic) bond motifs is 2. The maximum Gasteiger partial charge on any atom is 0.379 e. The highest BCUT2D eigenvalue weighted by atomic mass is 32.2. The molecule has 1 aliphatic rings. The second-order valence-corrected chi connectivity index (χ2v) is 7.60. The number of hydrogen-bond donors (Lipinski definition) is 0. The number of para-hydroxylation sites is 2. The van der Waals surface area contributed by atoms with Gasteiger partial charge in [-0.25, -0.2) is 4.79 Å². The SMILES string of the molecule is O=C(Oc1ccccc1/C=C1/Sc2ccccc2C1=O)c1cc2ccccc2o1. The smallest absolute Gasteiger partial charge is 0.379 e. The molecule has 0 N–H and O–H groups in total. The van der Waals surface area contributed by atoms with E-state index in [4.69, 9.17) is 9.15 Å². The molecule has 0 saturated heterocycles. The summed E-state index contributed by atoms with van der Waals surface area (Å²) in [5, 5.41) is 0.834. The normalized spacial score (nSPS) is 14.3. The fraction of sp³-hybridized carbons (Fsp3) is 0. The molecule has 4 nitrogen and oxygen atoms in total. The highest BCUT2D eigenvalue weighted by molar-refractivity contribution is 8.04. The molecule has 0 atom stereocenters. The number of esters is 1. The fourth-order valence-electron chi connectivity index (χ4n) is 3.20. The van der Waals surface area contributed by atoms with Crippen molar-refractivity contribution in [1.82, 2.24) is 0 Å². The molecule has 3 aromatic carbocycles. The summed E-state index contributed by atoms with van der Waals surface area (Å²) in [6.45, 7) is 0. The molecule has 0 spiro atoms. The maximum absolute atomic E-state index is 12.6. The Morgan fingerprint density at radius 3 is 2.55 bits per heavy atom. The van der Waals surface area contributed by atoms with Gasteiger partial charge in [0.2, 0.25) is 11.5 Å². The molecule has 140 valence electrons. The Hall–Kier alpha value is -3.57. The van der Waals surface area contributed by atoms with Crippen molar-refractivity contribution in [3.63, 3.8) is 0 Å². The first kappa shape index (κ1) is 17.5. The first-order valence-electron chi connectivity index (χ1n) is 9.02. The Kier molecular flexibility index (Phi) is 4.30. The lowest BCUT2D eigenvalue weighted by Gasteiger charge is -2.06. The van der Waals surface area contributed by atoms with Crippen LogP contribution in [0.5, 0.6) is 5.75 Å². The number of hydrogen-bond acceptors (Lipinski definition) is 5. The van der Waals surface area contributed by atoms with Crippen LogP contribution >= 0.6 is 11.8 Å². The van der Waals surface area contributed by atoms with Crippen molar-refractivity contribution >= 4 is 40.6 Å². The number of ketones is 1. The molecule has 2 heterocycles. The summed E-state index contributed by atoms with van der Waals surface area (Å²) in [4.78, 5) is 26.8. The van der Waals surface area contributed by atoms with E-state index in [-0.39, 0.29) is 11.5 Å². The van der Waals surface area contributed by atoms with Crippen molar-refractivity contribution in [3.05, 3.63) is 101 Å². The van der Waals surface area contributed by atoms with Crippen LogP contribution in [0.4, 0.5) is 0 Å². The van der Waals surface area contributed by atoms with Crippen molar-refractivity contribution in [2.45, 2.75) is 4.90 Å². The number of carbonyl (C=O) groups is 2. The van der Waals surface area contributed by atoms with Crippen LogP contribution in [0, 0.1) is 0 Å². The summed E-state index contributed by atoms with van der Waals surface area (Å²) >= 11 is 1.42. The third-order valence-electron chi connectivity index (χ3n) is 4.61. The molecular weight excluding hydrogens is 384 g/mol. The molecule has 0 saturated carbocycles. The molecule has 5 heteroatoms. The molecule has 0 unspecified atom stereocenters. The molecular formula is C24H14O4S. The topological polar surface area (TPSA) is 56.5 Å². The van der Waals surface area contributed by atoms with Crippen LogP contribution in [0.1, 0.15) is 26.5 Å². The van der Waals surface area contributed by atoms with E-state index in [0.717, 1.165) is 10.3 Å². The van der Waals surface area contributed by atoms with E-state index in [1.807, 2.05) is 54.6 Å². The Balaban J connectivity index is 1.44. The van der Waals surface area contributed by atoms with E-state index in [1.54, 1.807) is 30.3 Å². The van der Waals surface area contributed by atoms with E-state index < -0.39 is 5.97 Å². The van der Waals surface area contributed by atoms with Gasteiger partial charge in [-0.1, -0.05) is 60.3 Å². The molecule has 0 radical (unpaired) electrons. The van der Waals surface area contributed by atoms with Crippen LogP contribution in [0.2, 0.25) is 0 Å². The lowest BCUT2D eigenvalue weighted by molar-refractivity contribution is 0.0703. The van der Waals surface area contributed by atoms with Crippen LogP contribution in [0.25, 0.3) is 17.0 Å². The van der Waals surface area contributed by atoms with Crippen molar-refractivity contribution in [2.75, 3.05) is 0 Å². The zero-order valence-electron chi connectivity index (χ0n) is 15.1. The number of thioether (sulfide) groups is 1. The average molecular weight is 398 g/mol. The van der Waals surface area contributed by atoms with Gasteiger partial charge in [0.05, 0.1) is 4.91 Å². The highest BCUT2D eigenvalue weighted by Crippen LogP contribution is 2.41. The zero-order chi connectivity index (χ0) is 19.8. The fourth-order valence-corrected chi connectivity index (χ4v) is 4.25. The molecule has 0 fully saturated rings. The summed E-state index contributed by atoms with van der Waals surface area (Å²) < 4.78 is 11.2. The van der Waals surface area contributed by atoms with Crippen LogP contribution in [0.3, 0.4) is 0 Å². The summed E-state index contributed by atoms with van der Waals surface area (Å²) in [6, 6.07) is 23.7. The van der Waals surface area contributed by atoms with Gasteiger partial charge in [0, 0.05) is 21.4 Å². The Labute approximate surface area is 170 Å². The van der Waals surface area contributed by atoms with Gasteiger partial charge >= 0.3 is 5.97 Å². The monoisotopic (exact) mass is 398 g/mol. The number of Topliss-reactive ketones (excluding diaryl/α,β-unsaturated/α-hetero) is 1. The average Bonchev–Trinajstić information content (AvgIpc) is 3.31. The Morgan fingerprint density at radius 1 is 0.931 bits per heavy atom. The van der Waals surface area contributed by atoms with E-state index in [1.165, 1.54) is 11.8 Å². The van der Waals surface area contributed by atoms with Crippen LogP contribution in [-0.4, -0.2) is 11.8 Å². The van der Waals surface area contributed by atoms with Crippen LogP contribution in [-0.2, 0) is 0 Å². The third-order valence-corrected chi connectivity index (χ3v) is 5.71. The molecule has 1 aromatic heterocycles. The van der Waals surface area contributed by atoms with E-state index in [9.17, 15) is 9.59 Å². The lowest BCUT2D eigenvalue weighted by atomic mass is 10.1. The Bertz CT molecular complexity index is 1270. The lowest BCUT2D eigenvalue weighted by Crippen LogP contribution is -2.08. The van der Waals surface area contributed by atoms with Crippen molar-refractivity contribution < 1.29 is 18.7 Å². The summed E-state index contributed by atoms with van der Waals surface area (Å²) in [5.41, 5.74) is 1.97. The molecule has 1 aliphatic heterocycles. The molecule has 0 bridgehead atoms. The summed E-state index contributed by atoms with van der Waals surface area (Å²) in [6.07, 6.45) is 1.76. The number of allylic oxidation sites excluding steroid dienone is 1. The number of rotatable bonds is 3. The van der Waals surface area contributed by atoms with Crippen LogP contribution in [0.15, 0.2) is 93.1 Å². The second-order valence-electron chi connectivity index (χ2n) is 6.51. The van der Waals surface area contributed by atoms with Crippen molar-refractivity contribution in [1.29, 1.82) is 0 Å². The molecule has 0 aliphatic carbocycles. The first-order valence-corrected chi connectivity index (χ1v) is 9.84. The minimum Gasteiger partial charge on any atom is -0.449 e. The number of carbonyl (C=O) groups excluding carboxylic acids is 2. The predicted molar refractivity (Wildman–Crippen MR) is 112 cm³/mol. The maximum atomic E-state index is 12.6. The van der Waals surface area contributed by atoms with Gasteiger partial charge in [-0.2, -0.15) is 0 Å². The summed E-state index contributed by atoms with van der Waals surface area (Å²) in [5.74, 6) is -0.105. The van der Waals surface area contributed by atoms with E-state index in [2.05, 4.69) is 0 Å². The van der Waals surface area contributed by atoms with Gasteiger partial charge in [-0.15, -0.1) is 0 Å². The Morgan fingerprint density at radius 2 is 1.69 bits per heavy atom. The highest BCUT2D eigenvalue weighted by Gasteiger charge is 2.25. The largest absolute Gasteiger partial charge is 0.449 e.